The molecule has 4 amide bonds. The van der Waals surface area contributed by atoms with Gasteiger partial charge < -0.3 is 10.6 Å². The number of aryl methyl sites for hydroxylation is 1. The minimum Gasteiger partial charge on any atom is -0.350 e. The zero-order chi connectivity index (χ0) is 21.0. The molecule has 152 valence electrons. The molecule has 29 heavy (non-hydrogen) atoms. The molecule has 0 bridgehead atoms. The zero-order valence-electron chi connectivity index (χ0n) is 16.5. The maximum Gasteiger partial charge on any atom is 0.325 e. The highest BCUT2D eigenvalue weighted by molar-refractivity contribution is 6.31. The van der Waals surface area contributed by atoms with Crippen LogP contribution in [-0.4, -0.2) is 29.3 Å². The Bertz CT molecular complexity index is 929. The summed E-state index contributed by atoms with van der Waals surface area (Å²) < 4.78 is 0. The van der Waals surface area contributed by atoms with Crippen LogP contribution in [-0.2, 0) is 28.1 Å². The average Bonchev–Trinajstić information content (AvgIpc) is 2.92. The van der Waals surface area contributed by atoms with E-state index >= 15 is 0 Å². The van der Waals surface area contributed by atoms with Crippen molar-refractivity contribution in [1.82, 2.24) is 15.5 Å². The Balaban J connectivity index is 1.66. The van der Waals surface area contributed by atoms with E-state index in [0.29, 0.717) is 10.6 Å². The van der Waals surface area contributed by atoms with E-state index in [1.807, 2.05) is 30.3 Å². The van der Waals surface area contributed by atoms with Crippen molar-refractivity contribution in [1.29, 1.82) is 0 Å². The zero-order valence-corrected chi connectivity index (χ0v) is 17.3. The number of amides is 4. The second-order valence-electron chi connectivity index (χ2n) is 7.26. The van der Waals surface area contributed by atoms with Gasteiger partial charge in [-0.25, -0.2) is 4.79 Å². The smallest absolute Gasteiger partial charge is 0.325 e. The van der Waals surface area contributed by atoms with Crippen molar-refractivity contribution in [3.05, 3.63) is 70.2 Å². The van der Waals surface area contributed by atoms with Gasteiger partial charge in [0.25, 0.3) is 5.91 Å². The molecule has 1 fully saturated rings. The third kappa shape index (κ3) is 4.43. The fourth-order valence-electron chi connectivity index (χ4n) is 3.36. The average molecular weight is 414 g/mol. The first-order chi connectivity index (χ1) is 13.8. The number of hydrogen-bond acceptors (Lipinski definition) is 3. The quantitative estimate of drug-likeness (QED) is 0.683. The number of carbonyl (C=O) groups excluding carboxylic acids is 3. The molecule has 2 aromatic carbocycles. The van der Waals surface area contributed by atoms with Crippen molar-refractivity contribution < 1.29 is 14.4 Å². The predicted molar refractivity (Wildman–Crippen MR) is 111 cm³/mol. The third-order valence-corrected chi connectivity index (χ3v) is 5.45. The van der Waals surface area contributed by atoms with Gasteiger partial charge in [0.2, 0.25) is 5.91 Å². The van der Waals surface area contributed by atoms with Crippen molar-refractivity contribution in [2.45, 2.75) is 38.8 Å². The van der Waals surface area contributed by atoms with Gasteiger partial charge in [0, 0.05) is 11.6 Å². The van der Waals surface area contributed by atoms with Crippen molar-refractivity contribution in [3.8, 4) is 0 Å². The molecule has 0 aliphatic carbocycles. The summed E-state index contributed by atoms with van der Waals surface area (Å²) in [6.07, 6.45) is 1.98. The third-order valence-electron chi connectivity index (χ3n) is 5.08. The molecular weight excluding hydrogens is 390 g/mol. The Kier molecular flexibility index (Phi) is 6.23. The summed E-state index contributed by atoms with van der Waals surface area (Å²) >= 11 is 6.08. The van der Waals surface area contributed by atoms with E-state index in [1.54, 1.807) is 25.1 Å². The summed E-state index contributed by atoms with van der Waals surface area (Å²) in [5.74, 6) is -0.880. The highest BCUT2D eigenvalue weighted by atomic mass is 35.5. The van der Waals surface area contributed by atoms with Crippen LogP contribution in [0.25, 0.3) is 0 Å². The van der Waals surface area contributed by atoms with Crippen LogP contribution >= 0.6 is 11.6 Å². The van der Waals surface area contributed by atoms with Gasteiger partial charge in [0.15, 0.2) is 0 Å². The van der Waals surface area contributed by atoms with Crippen molar-refractivity contribution in [3.63, 3.8) is 0 Å². The monoisotopic (exact) mass is 413 g/mol. The largest absolute Gasteiger partial charge is 0.350 e. The van der Waals surface area contributed by atoms with Gasteiger partial charge in [-0.05, 0) is 36.1 Å². The molecule has 0 aromatic heterocycles. The van der Waals surface area contributed by atoms with Gasteiger partial charge >= 0.3 is 6.03 Å². The lowest BCUT2D eigenvalue weighted by molar-refractivity contribution is -0.134. The van der Waals surface area contributed by atoms with Gasteiger partial charge in [-0.2, -0.15) is 0 Å². The minimum atomic E-state index is -1.19. The van der Waals surface area contributed by atoms with Crippen molar-refractivity contribution in [2.75, 3.05) is 6.54 Å². The Hall–Kier alpha value is -2.86. The van der Waals surface area contributed by atoms with Gasteiger partial charge in [0.1, 0.15) is 12.1 Å². The number of halogens is 1. The molecule has 0 spiro atoms. The maximum atomic E-state index is 13.0. The van der Waals surface area contributed by atoms with Gasteiger partial charge in [0.05, 0.1) is 0 Å². The molecule has 0 radical (unpaired) electrons. The molecule has 1 aliphatic heterocycles. The fraction of sp³-hybridized carbons (Fsp3) is 0.318. The SMILES string of the molecule is CCCc1ccc([C@]2(C)NC(=O)N(CC(=O)NCc3ccccc3Cl)C2=O)cc1. The van der Waals surface area contributed by atoms with E-state index in [4.69, 9.17) is 11.6 Å². The van der Waals surface area contributed by atoms with Crippen LogP contribution in [0.4, 0.5) is 4.79 Å². The lowest BCUT2D eigenvalue weighted by Gasteiger charge is -2.22. The molecule has 7 heteroatoms. The molecule has 1 atom stereocenters. The standard InChI is InChI=1S/C22H24ClN3O3/c1-3-6-15-9-11-17(12-10-15)22(2)20(28)26(21(29)25-22)14-19(27)24-13-16-7-4-5-8-18(16)23/h4-5,7-12H,3,6,13-14H2,1-2H3,(H,24,27)(H,25,29)/t22-/m0/s1. The van der Waals surface area contributed by atoms with E-state index in [9.17, 15) is 14.4 Å². The minimum absolute atomic E-state index is 0.221. The summed E-state index contributed by atoms with van der Waals surface area (Å²) in [6.45, 7) is 3.63. The van der Waals surface area contributed by atoms with Crippen LogP contribution < -0.4 is 10.6 Å². The Morgan fingerprint density at radius 1 is 1.14 bits per heavy atom. The van der Waals surface area contributed by atoms with Crippen molar-refractivity contribution >= 4 is 29.4 Å². The molecule has 1 saturated heterocycles. The first-order valence-electron chi connectivity index (χ1n) is 9.58. The Morgan fingerprint density at radius 3 is 2.48 bits per heavy atom. The number of urea groups is 1. The lowest BCUT2D eigenvalue weighted by Crippen LogP contribution is -2.43. The molecule has 6 nitrogen and oxygen atoms in total. The van der Waals surface area contributed by atoms with E-state index in [1.165, 1.54) is 5.56 Å². The highest BCUT2D eigenvalue weighted by Gasteiger charge is 2.49. The normalized spacial score (nSPS) is 18.7. The molecule has 1 aliphatic rings. The van der Waals surface area contributed by atoms with Crippen LogP contribution in [0.5, 0.6) is 0 Å². The molecule has 2 aromatic rings. The van der Waals surface area contributed by atoms with Crippen LogP contribution in [0, 0.1) is 0 Å². The van der Waals surface area contributed by atoms with Gasteiger partial charge in [-0.15, -0.1) is 0 Å². The van der Waals surface area contributed by atoms with Gasteiger partial charge in [-0.3, -0.25) is 14.5 Å². The predicted octanol–water partition coefficient (Wildman–Crippen LogP) is 3.38. The molecule has 2 N–H and O–H groups in total. The first-order valence-corrected chi connectivity index (χ1v) is 9.96. The van der Waals surface area contributed by atoms with Crippen molar-refractivity contribution in [2.24, 2.45) is 0 Å². The summed E-state index contributed by atoms with van der Waals surface area (Å²) in [6, 6.07) is 14.2. The molecule has 1 heterocycles. The summed E-state index contributed by atoms with van der Waals surface area (Å²) in [7, 11) is 0. The lowest BCUT2D eigenvalue weighted by atomic mass is 9.91. The second kappa shape index (κ2) is 8.66. The Morgan fingerprint density at radius 2 is 1.83 bits per heavy atom. The number of rotatable bonds is 7. The maximum absolute atomic E-state index is 13.0. The Labute approximate surface area is 175 Å². The van der Waals surface area contributed by atoms with E-state index < -0.39 is 23.4 Å². The topological polar surface area (TPSA) is 78.5 Å². The van der Waals surface area contributed by atoms with Gasteiger partial charge in [-0.1, -0.05) is 67.4 Å². The second-order valence-corrected chi connectivity index (χ2v) is 7.67. The number of carbonyl (C=O) groups is 3. The number of benzene rings is 2. The molecule has 0 unspecified atom stereocenters. The summed E-state index contributed by atoms with van der Waals surface area (Å²) in [4.78, 5) is 38.6. The molecule has 3 rings (SSSR count). The van der Waals surface area contributed by atoms with Crippen LogP contribution in [0.3, 0.4) is 0 Å². The van der Waals surface area contributed by atoms with Crippen LogP contribution in [0.2, 0.25) is 5.02 Å². The van der Waals surface area contributed by atoms with Crippen LogP contribution in [0.15, 0.2) is 48.5 Å². The number of hydrogen-bond donors (Lipinski definition) is 2. The first kappa shape index (κ1) is 20.9. The summed E-state index contributed by atoms with van der Waals surface area (Å²) in [5.41, 5.74) is 1.43. The number of nitrogens with zero attached hydrogens (tertiary/aromatic N) is 1. The molecular formula is C22H24ClN3O3. The number of imide groups is 1. The molecule has 0 saturated carbocycles. The van der Waals surface area contributed by atoms with E-state index in [0.717, 1.165) is 23.3 Å². The fourth-order valence-corrected chi connectivity index (χ4v) is 3.57. The van der Waals surface area contributed by atoms with E-state index in [-0.39, 0.29) is 13.1 Å². The van der Waals surface area contributed by atoms with E-state index in [2.05, 4.69) is 17.6 Å². The number of nitrogens with one attached hydrogen (secondary N) is 2. The highest BCUT2D eigenvalue weighted by Crippen LogP contribution is 2.29. The van der Waals surface area contributed by atoms with Crippen LogP contribution in [0.1, 0.15) is 37.0 Å². The summed E-state index contributed by atoms with van der Waals surface area (Å²) in [5, 5.41) is 5.97.